The number of benzene rings is 1. The van der Waals surface area contributed by atoms with Gasteiger partial charge in [-0.3, -0.25) is 4.79 Å². The van der Waals surface area contributed by atoms with Crippen molar-refractivity contribution >= 4 is 5.91 Å². The zero-order valence-corrected chi connectivity index (χ0v) is 12.6. The molecule has 20 heavy (non-hydrogen) atoms. The molecule has 0 bridgehead atoms. The van der Waals surface area contributed by atoms with Crippen molar-refractivity contribution < 1.29 is 9.90 Å². The summed E-state index contributed by atoms with van der Waals surface area (Å²) in [4.78, 5) is 12.0. The highest BCUT2D eigenvalue weighted by Crippen LogP contribution is 2.04. The molecule has 0 saturated carbocycles. The van der Waals surface area contributed by atoms with E-state index in [4.69, 9.17) is 5.11 Å². The Balaban J connectivity index is 2.41. The number of hydrogen-bond acceptors (Lipinski definition) is 3. The first-order valence-electron chi connectivity index (χ1n) is 7.33. The highest BCUT2D eigenvalue weighted by molar-refractivity contribution is 5.81. The van der Waals surface area contributed by atoms with Crippen LogP contribution in [0.4, 0.5) is 0 Å². The van der Waals surface area contributed by atoms with E-state index in [1.165, 1.54) is 0 Å². The Kier molecular flexibility index (Phi) is 7.26. The minimum Gasteiger partial charge on any atom is -0.392 e. The molecular weight excluding hydrogens is 252 g/mol. The predicted molar refractivity (Wildman–Crippen MR) is 81.2 cm³/mol. The quantitative estimate of drug-likeness (QED) is 0.681. The van der Waals surface area contributed by atoms with Gasteiger partial charge in [0.15, 0.2) is 0 Å². The Hall–Kier alpha value is -1.39. The van der Waals surface area contributed by atoms with Crippen molar-refractivity contribution in [2.45, 2.75) is 58.8 Å². The molecule has 0 aliphatic carbocycles. The third-order valence-corrected chi connectivity index (χ3v) is 3.54. The lowest BCUT2D eigenvalue weighted by atomic mass is 10.1. The van der Waals surface area contributed by atoms with Crippen LogP contribution in [0.5, 0.6) is 0 Å². The summed E-state index contributed by atoms with van der Waals surface area (Å²) in [6.45, 7) is 6.73. The fourth-order valence-corrected chi connectivity index (χ4v) is 1.95. The smallest absolute Gasteiger partial charge is 0.237 e. The van der Waals surface area contributed by atoms with Gasteiger partial charge in [0, 0.05) is 12.6 Å². The standard InChI is InChI=1S/C16H26N2O2/c1-4-15(5-2)18-16(20)12(3)17-10-13-6-8-14(11-19)9-7-13/h6-9,12,15,17,19H,4-5,10-11H2,1-3H3,(H,18,20). The Morgan fingerprint density at radius 3 is 2.20 bits per heavy atom. The second-order valence-corrected chi connectivity index (χ2v) is 5.10. The molecule has 1 atom stereocenters. The predicted octanol–water partition coefficient (Wildman–Crippen LogP) is 1.96. The van der Waals surface area contributed by atoms with Crippen LogP contribution in [-0.4, -0.2) is 23.1 Å². The Labute approximate surface area is 121 Å². The summed E-state index contributed by atoms with van der Waals surface area (Å²) in [6.07, 6.45) is 1.91. The lowest BCUT2D eigenvalue weighted by molar-refractivity contribution is -0.123. The van der Waals surface area contributed by atoms with Crippen molar-refractivity contribution in [1.82, 2.24) is 10.6 Å². The molecule has 4 heteroatoms. The number of rotatable bonds is 8. The number of hydrogen-bond donors (Lipinski definition) is 3. The summed E-state index contributed by atoms with van der Waals surface area (Å²) < 4.78 is 0. The maximum Gasteiger partial charge on any atom is 0.237 e. The summed E-state index contributed by atoms with van der Waals surface area (Å²) in [5.41, 5.74) is 2.00. The Bertz CT molecular complexity index is 399. The summed E-state index contributed by atoms with van der Waals surface area (Å²) in [5, 5.41) is 15.2. The van der Waals surface area contributed by atoms with E-state index >= 15 is 0 Å². The van der Waals surface area contributed by atoms with E-state index in [1.807, 2.05) is 31.2 Å². The van der Waals surface area contributed by atoms with Crippen molar-refractivity contribution in [2.24, 2.45) is 0 Å². The average Bonchev–Trinajstić information content (AvgIpc) is 2.50. The summed E-state index contributed by atoms with van der Waals surface area (Å²) in [6, 6.07) is 7.76. The van der Waals surface area contributed by atoms with Crippen LogP contribution in [0, 0.1) is 0 Å². The molecule has 0 heterocycles. The van der Waals surface area contributed by atoms with Gasteiger partial charge in [-0.25, -0.2) is 0 Å². The van der Waals surface area contributed by atoms with Gasteiger partial charge >= 0.3 is 0 Å². The molecule has 0 aliphatic heterocycles. The van der Waals surface area contributed by atoms with E-state index in [0.29, 0.717) is 6.54 Å². The number of carbonyl (C=O) groups excluding carboxylic acids is 1. The van der Waals surface area contributed by atoms with Gasteiger partial charge < -0.3 is 15.7 Å². The summed E-state index contributed by atoms with van der Waals surface area (Å²) in [5.74, 6) is 0.0469. The topological polar surface area (TPSA) is 61.4 Å². The van der Waals surface area contributed by atoms with E-state index in [0.717, 1.165) is 24.0 Å². The SMILES string of the molecule is CCC(CC)NC(=O)C(C)NCc1ccc(CO)cc1. The second kappa shape index (κ2) is 8.72. The number of amides is 1. The van der Waals surface area contributed by atoms with Gasteiger partial charge in [-0.05, 0) is 30.9 Å². The van der Waals surface area contributed by atoms with Crippen molar-refractivity contribution in [1.29, 1.82) is 0 Å². The third-order valence-electron chi connectivity index (χ3n) is 3.54. The zero-order valence-electron chi connectivity index (χ0n) is 12.6. The highest BCUT2D eigenvalue weighted by atomic mass is 16.3. The first-order valence-corrected chi connectivity index (χ1v) is 7.33. The molecule has 0 fully saturated rings. The molecule has 0 saturated heterocycles. The first-order chi connectivity index (χ1) is 9.60. The van der Waals surface area contributed by atoms with Gasteiger partial charge in [0.05, 0.1) is 12.6 Å². The molecule has 0 aromatic heterocycles. The van der Waals surface area contributed by atoms with E-state index in [-0.39, 0.29) is 24.6 Å². The Morgan fingerprint density at radius 1 is 1.15 bits per heavy atom. The average molecular weight is 278 g/mol. The maximum absolute atomic E-state index is 12.0. The minimum absolute atomic E-state index is 0.0469. The van der Waals surface area contributed by atoms with Crippen LogP contribution in [0.25, 0.3) is 0 Å². The number of nitrogens with one attached hydrogen (secondary N) is 2. The lowest BCUT2D eigenvalue weighted by Crippen LogP contribution is -2.45. The van der Waals surface area contributed by atoms with Gasteiger partial charge in [0.2, 0.25) is 5.91 Å². The molecule has 1 aromatic carbocycles. The van der Waals surface area contributed by atoms with Crippen molar-refractivity contribution in [3.63, 3.8) is 0 Å². The van der Waals surface area contributed by atoms with Crippen LogP contribution >= 0.6 is 0 Å². The van der Waals surface area contributed by atoms with Gasteiger partial charge in [-0.15, -0.1) is 0 Å². The fraction of sp³-hybridized carbons (Fsp3) is 0.562. The van der Waals surface area contributed by atoms with Crippen LogP contribution in [0.2, 0.25) is 0 Å². The van der Waals surface area contributed by atoms with Crippen molar-refractivity contribution in [3.05, 3.63) is 35.4 Å². The molecule has 1 unspecified atom stereocenters. The van der Waals surface area contributed by atoms with E-state index in [2.05, 4.69) is 24.5 Å². The molecule has 0 spiro atoms. The van der Waals surface area contributed by atoms with Gasteiger partial charge in [0.1, 0.15) is 0 Å². The highest BCUT2D eigenvalue weighted by Gasteiger charge is 2.14. The van der Waals surface area contributed by atoms with Crippen LogP contribution in [-0.2, 0) is 17.9 Å². The molecule has 1 rings (SSSR count). The van der Waals surface area contributed by atoms with Crippen LogP contribution < -0.4 is 10.6 Å². The monoisotopic (exact) mass is 278 g/mol. The largest absolute Gasteiger partial charge is 0.392 e. The molecule has 4 nitrogen and oxygen atoms in total. The van der Waals surface area contributed by atoms with Gasteiger partial charge in [0.25, 0.3) is 0 Å². The van der Waals surface area contributed by atoms with Crippen molar-refractivity contribution in [2.75, 3.05) is 0 Å². The molecule has 1 amide bonds. The molecule has 1 aromatic rings. The number of aliphatic hydroxyl groups is 1. The van der Waals surface area contributed by atoms with Crippen molar-refractivity contribution in [3.8, 4) is 0 Å². The number of carbonyl (C=O) groups is 1. The number of aliphatic hydroxyl groups excluding tert-OH is 1. The fourth-order valence-electron chi connectivity index (χ4n) is 1.95. The maximum atomic E-state index is 12.0. The first kappa shape index (κ1) is 16.7. The molecule has 0 radical (unpaired) electrons. The minimum atomic E-state index is -0.215. The molecule has 3 N–H and O–H groups in total. The van der Waals surface area contributed by atoms with Gasteiger partial charge in [-0.2, -0.15) is 0 Å². The van der Waals surface area contributed by atoms with Gasteiger partial charge in [-0.1, -0.05) is 38.1 Å². The van der Waals surface area contributed by atoms with E-state index in [9.17, 15) is 4.79 Å². The summed E-state index contributed by atoms with van der Waals surface area (Å²) in [7, 11) is 0. The lowest BCUT2D eigenvalue weighted by Gasteiger charge is -2.19. The van der Waals surface area contributed by atoms with Crippen LogP contribution in [0.3, 0.4) is 0 Å². The zero-order chi connectivity index (χ0) is 15.0. The van der Waals surface area contributed by atoms with E-state index in [1.54, 1.807) is 0 Å². The second-order valence-electron chi connectivity index (χ2n) is 5.10. The molecular formula is C16H26N2O2. The van der Waals surface area contributed by atoms with E-state index < -0.39 is 0 Å². The summed E-state index contributed by atoms with van der Waals surface area (Å²) >= 11 is 0. The van der Waals surface area contributed by atoms with Crippen LogP contribution in [0.1, 0.15) is 44.7 Å². The molecule has 112 valence electrons. The Morgan fingerprint density at radius 2 is 1.70 bits per heavy atom. The third kappa shape index (κ3) is 5.31. The van der Waals surface area contributed by atoms with Crippen LogP contribution in [0.15, 0.2) is 24.3 Å². The molecule has 0 aliphatic rings. The normalized spacial score (nSPS) is 12.4.